The van der Waals surface area contributed by atoms with E-state index in [2.05, 4.69) is 15.5 Å². The van der Waals surface area contributed by atoms with E-state index >= 15 is 0 Å². The molecule has 0 aliphatic heterocycles. The Kier molecular flexibility index (Phi) is 3.61. The summed E-state index contributed by atoms with van der Waals surface area (Å²) in [4.78, 5) is 4.38. The number of nitrogens with one attached hydrogen (secondary N) is 1. The largest absolute Gasteiger partial charge is 0.368 e. The number of hydrogen-bond donors (Lipinski definition) is 1. The molecule has 1 N–H and O–H groups in total. The third-order valence-electron chi connectivity index (χ3n) is 3.91. The molecule has 0 spiro atoms. The lowest BCUT2D eigenvalue weighted by atomic mass is 9.92. The first-order valence-corrected chi connectivity index (χ1v) is 6.98. The summed E-state index contributed by atoms with van der Waals surface area (Å²) in [6.45, 7) is 0.471. The minimum Gasteiger partial charge on any atom is -0.368 e. The molecule has 2 fully saturated rings. The van der Waals surface area contributed by atoms with Gasteiger partial charge in [0.1, 0.15) is 6.61 Å². The number of nitrogens with zero attached hydrogens (tertiary/aromatic N) is 2. The highest BCUT2D eigenvalue weighted by Gasteiger charge is 2.30. The maximum absolute atomic E-state index is 5.94. The predicted octanol–water partition coefficient (Wildman–Crippen LogP) is 1.99. The molecular formula is C13H21N3O2. The average molecular weight is 251 g/mol. The van der Waals surface area contributed by atoms with Crippen molar-refractivity contribution in [2.24, 2.45) is 0 Å². The van der Waals surface area contributed by atoms with Crippen molar-refractivity contribution in [3.8, 4) is 0 Å². The lowest BCUT2D eigenvalue weighted by molar-refractivity contribution is -0.00715. The third kappa shape index (κ3) is 2.72. The molecule has 5 heteroatoms. The summed E-state index contributed by atoms with van der Waals surface area (Å²) in [6.07, 6.45) is 7.52. The van der Waals surface area contributed by atoms with Gasteiger partial charge in [0.2, 0.25) is 5.89 Å². The fourth-order valence-corrected chi connectivity index (χ4v) is 2.63. The van der Waals surface area contributed by atoms with Gasteiger partial charge in [-0.3, -0.25) is 0 Å². The van der Waals surface area contributed by atoms with Crippen LogP contribution >= 0.6 is 0 Å². The van der Waals surface area contributed by atoms with E-state index in [1.807, 2.05) is 7.05 Å². The Bertz CT molecular complexity index is 389. The summed E-state index contributed by atoms with van der Waals surface area (Å²) >= 11 is 0. The van der Waals surface area contributed by atoms with Crippen LogP contribution in [0.25, 0.3) is 0 Å². The van der Waals surface area contributed by atoms with Crippen LogP contribution in [0.4, 0.5) is 0 Å². The van der Waals surface area contributed by atoms with Gasteiger partial charge in [-0.05, 0) is 32.7 Å². The Balaban J connectivity index is 1.52. The fourth-order valence-electron chi connectivity index (χ4n) is 2.63. The molecule has 0 amide bonds. The number of ether oxygens (including phenoxy) is 1. The second-order valence-electron chi connectivity index (χ2n) is 5.35. The second-order valence-corrected chi connectivity index (χ2v) is 5.35. The molecule has 1 aromatic rings. The molecule has 0 bridgehead atoms. The smallest absolute Gasteiger partial charge is 0.229 e. The topological polar surface area (TPSA) is 60.2 Å². The first-order valence-electron chi connectivity index (χ1n) is 6.98. The van der Waals surface area contributed by atoms with Crippen LogP contribution < -0.4 is 5.32 Å². The summed E-state index contributed by atoms with van der Waals surface area (Å²) in [7, 11) is 2.01. The van der Waals surface area contributed by atoms with Crippen LogP contribution in [0.1, 0.15) is 56.2 Å². The average Bonchev–Trinajstić information content (AvgIpc) is 3.16. The lowest BCUT2D eigenvalue weighted by Gasteiger charge is -2.30. The highest BCUT2D eigenvalue weighted by atomic mass is 16.5. The van der Waals surface area contributed by atoms with Crippen LogP contribution in [-0.4, -0.2) is 29.3 Å². The Labute approximate surface area is 107 Å². The molecule has 2 saturated carbocycles. The second kappa shape index (κ2) is 5.36. The minimum absolute atomic E-state index is 0.284. The minimum atomic E-state index is 0.284. The van der Waals surface area contributed by atoms with E-state index in [1.54, 1.807) is 0 Å². The molecule has 2 aliphatic rings. The van der Waals surface area contributed by atoms with Gasteiger partial charge in [-0.1, -0.05) is 18.0 Å². The molecule has 0 saturated heterocycles. The van der Waals surface area contributed by atoms with Gasteiger partial charge in [0.15, 0.2) is 5.82 Å². The summed E-state index contributed by atoms with van der Waals surface area (Å²) in [5, 5.41) is 7.32. The van der Waals surface area contributed by atoms with Crippen LogP contribution in [0.15, 0.2) is 4.52 Å². The zero-order chi connectivity index (χ0) is 12.4. The normalized spacial score (nSPS) is 28.5. The van der Waals surface area contributed by atoms with E-state index in [0.29, 0.717) is 24.4 Å². The standard InChI is InChI=1S/C13H21N3O2/c1-14-10-4-2-3-5-11(10)17-8-12-15-13(18-16-12)9-6-7-9/h9-11,14H,2-8H2,1H3. The monoisotopic (exact) mass is 251 g/mol. The first-order chi connectivity index (χ1) is 8.86. The van der Waals surface area contributed by atoms with E-state index < -0.39 is 0 Å². The summed E-state index contributed by atoms with van der Waals surface area (Å²) in [5.41, 5.74) is 0. The van der Waals surface area contributed by atoms with E-state index in [0.717, 1.165) is 12.3 Å². The van der Waals surface area contributed by atoms with Crippen molar-refractivity contribution in [2.45, 2.75) is 63.2 Å². The Hall–Kier alpha value is -0.940. The van der Waals surface area contributed by atoms with Crippen molar-refractivity contribution in [3.63, 3.8) is 0 Å². The SMILES string of the molecule is CNC1CCCCC1OCc1noc(C2CC2)n1. The van der Waals surface area contributed by atoms with E-state index in [-0.39, 0.29) is 6.10 Å². The fraction of sp³-hybridized carbons (Fsp3) is 0.846. The van der Waals surface area contributed by atoms with Crippen molar-refractivity contribution in [3.05, 3.63) is 11.7 Å². The van der Waals surface area contributed by atoms with Crippen molar-refractivity contribution >= 4 is 0 Å². The summed E-state index contributed by atoms with van der Waals surface area (Å²) in [5.74, 6) is 2.01. The maximum atomic E-state index is 5.94. The van der Waals surface area contributed by atoms with Crippen molar-refractivity contribution in [1.29, 1.82) is 0 Å². The zero-order valence-corrected chi connectivity index (χ0v) is 10.9. The van der Waals surface area contributed by atoms with Crippen LogP contribution in [0.2, 0.25) is 0 Å². The van der Waals surface area contributed by atoms with Crippen LogP contribution in [0.3, 0.4) is 0 Å². The van der Waals surface area contributed by atoms with Gasteiger partial charge in [-0.2, -0.15) is 4.98 Å². The quantitative estimate of drug-likeness (QED) is 0.867. The molecule has 3 rings (SSSR count). The molecule has 2 unspecified atom stereocenters. The molecule has 2 aliphatic carbocycles. The molecule has 1 heterocycles. The highest BCUT2D eigenvalue weighted by Crippen LogP contribution is 2.38. The van der Waals surface area contributed by atoms with Gasteiger partial charge in [0.25, 0.3) is 0 Å². The zero-order valence-electron chi connectivity index (χ0n) is 10.9. The van der Waals surface area contributed by atoms with Gasteiger partial charge >= 0.3 is 0 Å². The maximum Gasteiger partial charge on any atom is 0.229 e. The predicted molar refractivity (Wildman–Crippen MR) is 66.2 cm³/mol. The Morgan fingerprint density at radius 3 is 2.89 bits per heavy atom. The van der Waals surface area contributed by atoms with Gasteiger partial charge in [0.05, 0.1) is 6.10 Å². The number of rotatable bonds is 5. The van der Waals surface area contributed by atoms with Gasteiger partial charge in [-0.25, -0.2) is 0 Å². The lowest BCUT2D eigenvalue weighted by Crippen LogP contribution is -2.41. The summed E-state index contributed by atoms with van der Waals surface area (Å²) in [6, 6.07) is 0.466. The molecule has 1 aromatic heterocycles. The van der Waals surface area contributed by atoms with Gasteiger partial charge < -0.3 is 14.6 Å². The van der Waals surface area contributed by atoms with E-state index in [4.69, 9.17) is 9.26 Å². The molecule has 5 nitrogen and oxygen atoms in total. The van der Waals surface area contributed by atoms with Crippen LogP contribution in [-0.2, 0) is 11.3 Å². The van der Waals surface area contributed by atoms with Crippen molar-refractivity contribution in [2.75, 3.05) is 7.05 Å². The van der Waals surface area contributed by atoms with Gasteiger partial charge in [0, 0.05) is 12.0 Å². The van der Waals surface area contributed by atoms with Crippen molar-refractivity contribution in [1.82, 2.24) is 15.5 Å². The molecule has 0 radical (unpaired) electrons. The summed E-state index contributed by atoms with van der Waals surface area (Å²) < 4.78 is 11.2. The van der Waals surface area contributed by atoms with E-state index in [1.165, 1.54) is 32.1 Å². The molecule has 2 atom stereocenters. The van der Waals surface area contributed by atoms with Crippen LogP contribution in [0.5, 0.6) is 0 Å². The van der Waals surface area contributed by atoms with E-state index in [9.17, 15) is 0 Å². The molecule has 100 valence electrons. The Morgan fingerprint density at radius 1 is 1.28 bits per heavy atom. The number of hydrogen-bond acceptors (Lipinski definition) is 5. The third-order valence-corrected chi connectivity index (χ3v) is 3.91. The highest BCUT2D eigenvalue weighted by molar-refractivity contribution is 5.01. The molecule has 0 aromatic carbocycles. The number of likely N-dealkylation sites (N-methyl/N-ethyl adjacent to an activating group) is 1. The van der Waals surface area contributed by atoms with Gasteiger partial charge in [-0.15, -0.1) is 0 Å². The van der Waals surface area contributed by atoms with Crippen LogP contribution in [0, 0.1) is 0 Å². The first kappa shape index (κ1) is 12.1. The molecular weight excluding hydrogens is 230 g/mol. The molecule has 18 heavy (non-hydrogen) atoms. The van der Waals surface area contributed by atoms with Crippen molar-refractivity contribution < 1.29 is 9.26 Å². The Morgan fingerprint density at radius 2 is 2.11 bits per heavy atom. The number of aromatic nitrogens is 2.